The number of fused-ring (bicyclic) bond motifs is 3. The highest BCUT2D eigenvalue weighted by atomic mass is 16.6. The van der Waals surface area contributed by atoms with Crippen molar-refractivity contribution in [1.29, 1.82) is 0 Å². The molecule has 0 saturated heterocycles. The van der Waals surface area contributed by atoms with Crippen molar-refractivity contribution >= 4 is 5.71 Å². The Morgan fingerprint density at radius 1 is 1.19 bits per heavy atom. The number of hydrogen-bond acceptors (Lipinski definition) is 5. The number of hydrogen-bond donors (Lipinski definition) is 0. The van der Waals surface area contributed by atoms with Crippen LogP contribution in [0.5, 0.6) is 11.5 Å². The van der Waals surface area contributed by atoms with Crippen LogP contribution in [0.2, 0.25) is 0 Å². The van der Waals surface area contributed by atoms with E-state index in [1.54, 1.807) is 20.5 Å². The molecule has 21 heavy (non-hydrogen) atoms. The van der Waals surface area contributed by atoms with Crippen LogP contribution >= 0.6 is 0 Å². The Bertz CT molecular complexity index is 705. The summed E-state index contributed by atoms with van der Waals surface area (Å²) in [7, 11) is 3.28. The van der Waals surface area contributed by atoms with Crippen molar-refractivity contribution in [3.63, 3.8) is 0 Å². The minimum Gasteiger partial charge on any atom is -0.493 e. The Labute approximate surface area is 122 Å². The first kappa shape index (κ1) is 12.3. The molecule has 2 aliphatic rings. The molecule has 0 saturated carbocycles. The third kappa shape index (κ3) is 1.73. The van der Waals surface area contributed by atoms with Crippen molar-refractivity contribution in [2.24, 2.45) is 11.1 Å². The largest absolute Gasteiger partial charge is 0.493 e. The Morgan fingerprint density at radius 3 is 2.71 bits per heavy atom. The average molecular weight is 285 g/mol. The highest BCUT2D eigenvalue weighted by Crippen LogP contribution is 2.45. The molecule has 2 aromatic rings. The second kappa shape index (κ2) is 4.55. The van der Waals surface area contributed by atoms with Crippen molar-refractivity contribution in [2.75, 3.05) is 14.2 Å². The van der Waals surface area contributed by atoms with Crippen molar-refractivity contribution in [2.45, 2.75) is 12.5 Å². The summed E-state index contributed by atoms with van der Waals surface area (Å²) in [6, 6.07) is 7.78. The van der Waals surface area contributed by atoms with Crippen LogP contribution in [0, 0.1) is 5.92 Å². The summed E-state index contributed by atoms with van der Waals surface area (Å²) in [4.78, 5) is 5.57. The fourth-order valence-corrected chi connectivity index (χ4v) is 3.12. The van der Waals surface area contributed by atoms with Gasteiger partial charge in [0.05, 0.1) is 32.1 Å². The number of rotatable bonds is 3. The topological polar surface area (TPSA) is 53.2 Å². The quantitative estimate of drug-likeness (QED) is 0.870. The molecule has 0 fully saturated rings. The highest BCUT2D eigenvalue weighted by molar-refractivity contribution is 6.07. The second-order valence-electron chi connectivity index (χ2n) is 5.19. The second-order valence-corrected chi connectivity index (χ2v) is 5.19. The van der Waals surface area contributed by atoms with Gasteiger partial charge in [0.2, 0.25) is 0 Å². The number of methoxy groups -OCH3 is 2. The first-order valence-corrected chi connectivity index (χ1v) is 6.84. The molecule has 2 heterocycles. The molecule has 1 aliphatic heterocycles. The molecule has 2 atom stereocenters. The molecule has 1 aliphatic carbocycles. The molecule has 1 aromatic carbocycles. The SMILES string of the molecule is COc1cc2c(cc1OC)C1=NOC(c3ccco3)C1C2. The van der Waals surface area contributed by atoms with Crippen LogP contribution in [0.1, 0.15) is 23.0 Å². The van der Waals surface area contributed by atoms with Crippen LogP contribution in [0.15, 0.2) is 40.1 Å². The van der Waals surface area contributed by atoms with Gasteiger partial charge in [0, 0.05) is 5.56 Å². The van der Waals surface area contributed by atoms with E-state index in [2.05, 4.69) is 5.16 Å². The Hall–Kier alpha value is -2.43. The van der Waals surface area contributed by atoms with Gasteiger partial charge in [0.1, 0.15) is 5.76 Å². The summed E-state index contributed by atoms with van der Waals surface area (Å²) >= 11 is 0. The van der Waals surface area contributed by atoms with E-state index in [-0.39, 0.29) is 12.0 Å². The number of ether oxygens (including phenoxy) is 2. The van der Waals surface area contributed by atoms with E-state index in [0.29, 0.717) is 5.75 Å². The monoisotopic (exact) mass is 285 g/mol. The van der Waals surface area contributed by atoms with Crippen LogP contribution in [0.25, 0.3) is 0 Å². The molecule has 4 rings (SSSR count). The Balaban J connectivity index is 1.73. The fraction of sp³-hybridized carbons (Fsp3) is 0.312. The summed E-state index contributed by atoms with van der Waals surface area (Å²) in [6.45, 7) is 0. The van der Waals surface area contributed by atoms with E-state index >= 15 is 0 Å². The van der Waals surface area contributed by atoms with Crippen molar-refractivity contribution in [3.05, 3.63) is 47.4 Å². The van der Waals surface area contributed by atoms with Crippen molar-refractivity contribution in [3.8, 4) is 11.5 Å². The molecule has 1 aromatic heterocycles. The lowest BCUT2D eigenvalue weighted by Crippen LogP contribution is -2.13. The normalized spacial score (nSPS) is 22.3. The smallest absolute Gasteiger partial charge is 0.193 e. The molecule has 108 valence electrons. The lowest BCUT2D eigenvalue weighted by Gasteiger charge is -2.12. The molecular weight excluding hydrogens is 270 g/mol. The number of nitrogens with zero attached hydrogens (tertiary/aromatic N) is 1. The molecule has 0 N–H and O–H groups in total. The zero-order valence-electron chi connectivity index (χ0n) is 11.8. The molecule has 2 unspecified atom stereocenters. The zero-order valence-corrected chi connectivity index (χ0v) is 11.8. The van der Waals surface area contributed by atoms with Gasteiger partial charge in [0.15, 0.2) is 17.6 Å². The zero-order chi connectivity index (χ0) is 14.4. The van der Waals surface area contributed by atoms with Gasteiger partial charge in [0.25, 0.3) is 0 Å². The van der Waals surface area contributed by atoms with Crippen LogP contribution in [-0.2, 0) is 11.3 Å². The number of oxime groups is 1. The third-order valence-electron chi connectivity index (χ3n) is 4.13. The maximum atomic E-state index is 5.57. The van der Waals surface area contributed by atoms with Gasteiger partial charge in [-0.05, 0) is 36.2 Å². The van der Waals surface area contributed by atoms with E-state index in [0.717, 1.165) is 29.2 Å². The van der Waals surface area contributed by atoms with E-state index in [4.69, 9.17) is 18.7 Å². The highest BCUT2D eigenvalue weighted by Gasteiger charge is 2.43. The molecule has 0 spiro atoms. The summed E-state index contributed by atoms with van der Waals surface area (Å²) < 4.78 is 16.2. The van der Waals surface area contributed by atoms with Gasteiger partial charge < -0.3 is 18.7 Å². The molecule has 5 nitrogen and oxygen atoms in total. The van der Waals surface area contributed by atoms with Gasteiger partial charge in [-0.2, -0.15) is 0 Å². The minimum atomic E-state index is -0.153. The number of furan rings is 1. The molecule has 5 heteroatoms. The summed E-state index contributed by atoms with van der Waals surface area (Å²) in [6.07, 6.45) is 2.37. The van der Waals surface area contributed by atoms with E-state index in [1.165, 1.54) is 5.56 Å². The molecule has 0 radical (unpaired) electrons. The Kier molecular flexibility index (Phi) is 2.67. The van der Waals surface area contributed by atoms with Gasteiger partial charge in [-0.1, -0.05) is 5.16 Å². The predicted molar refractivity (Wildman–Crippen MR) is 75.8 cm³/mol. The molecular formula is C16H15NO4. The standard InChI is InChI=1S/C16H15NO4/c1-18-13-7-9-6-11-15(10(9)8-14(13)19-2)17-21-16(11)12-4-3-5-20-12/h3-5,7-8,11,16H,6H2,1-2H3. The van der Waals surface area contributed by atoms with Gasteiger partial charge in [-0.25, -0.2) is 0 Å². The van der Waals surface area contributed by atoms with Crippen LogP contribution in [0.4, 0.5) is 0 Å². The van der Waals surface area contributed by atoms with Gasteiger partial charge in [-0.15, -0.1) is 0 Å². The minimum absolute atomic E-state index is 0.153. The van der Waals surface area contributed by atoms with E-state index in [1.807, 2.05) is 24.3 Å². The predicted octanol–water partition coefficient (Wildman–Crippen LogP) is 2.94. The van der Waals surface area contributed by atoms with Crippen molar-refractivity contribution < 1.29 is 18.7 Å². The molecule has 0 bridgehead atoms. The third-order valence-corrected chi connectivity index (χ3v) is 4.13. The Morgan fingerprint density at radius 2 is 2.00 bits per heavy atom. The van der Waals surface area contributed by atoms with Gasteiger partial charge >= 0.3 is 0 Å². The van der Waals surface area contributed by atoms with E-state index < -0.39 is 0 Å². The summed E-state index contributed by atoms with van der Waals surface area (Å²) in [5, 5.41) is 4.27. The average Bonchev–Trinajstić information content (AvgIpc) is 3.21. The first-order chi connectivity index (χ1) is 10.3. The first-order valence-electron chi connectivity index (χ1n) is 6.84. The van der Waals surface area contributed by atoms with Crippen LogP contribution in [0.3, 0.4) is 0 Å². The van der Waals surface area contributed by atoms with Crippen LogP contribution < -0.4 is 9.47 Å². The maximum absolute atomic E-state index is 5.57. The summed E-state index contributed by atoms with van der Waals surface area (Å²) in [5.74, 6) is 2.45. The molecule has 0 amide bonds. The number of benzene rings is 1. The summed E-state index contributed by atoms with van der Waals surface area (Å²) in [5.41, 5.74) is 3.25. The van der Waals surface area contributed by atoms with Crippen molar-refractivity contribution in [1.82, 2.24) is 0 Å². The van der Waals surface area contributed by atoms with Gasteiger partial charge in [-0.3, -0.25) is 0 Å². The lowest BCUT2D eigenvalue weighted by atomic mass is 9.96. The lowest BCUT2D eigenvalue weighted by molar-refractivity contribution is 0.0450. The fourth-order valence-electron chi connectivity index (χ4n) is 3.12. The van der Waals surface area contributed by atoms with E-state index in [9.17, 15) is 0 Å². The van der Waals surface area contributed by atoms with Crippen LogP contribution in [-0.4, -0.2) is 19.9 Å². The maximum Gasteiger partial charge on any atom is 0.193 e.